The second-order valence-electron chi connectivity index (χ2n) is 4.71. The number of piperazine rings is 1. The van der Waals surface area contributed by atoms with Crippen molar-refractivity contribution in [3.05, 3.63) is 16.1 Å². The van der Waals surface area contributed by atoms with E-state index >= 15 is 0 Å². The van der Waals surface area contributed by atoms with E-state index in [2.05, 4.69) is 16.8 Å². The normalized spacial score (nSPS) is 18.1. The monoisotopic (exact) mass is 317 g/mol. The fourth-order valence-electron chi connectivity index (χ4n) is 2.24. The lowest BCUT2D eigenvalue weighted by Crippen LogP contribution is -2.49. The Morgan fingerprint density at radius 2 is 2.20 bits per heavy atom. The number of hydrogen-bond acceptors (Lipinski definition) is 5. The average Bonchev–Trinajstić information content (AvgIpc) is 2.96. The summed E-state index contributed by atoms with van der Waals surface area (Å²) in [6.45, 7) is 7.50. The minimum absolute atomic E-state index is 0.210. The van der Waals surface area contributed by atoms with Crippen LogP contribution in [0.3, 0.4) is 0 Å². The van der Waals surface area contributed by atoms with Gasteiger partial charge in [0.15, 0.2) is 0 Å². The highest BCUT2D eigenvalue weighted by Gasteiger charge is 2.26. The second-order valence-corrected chi connectivity index (χ2v) is 5.87. The van der Waals surface area contributed by atoms with Gasteiger partial charge in [-0.25, -0.2) is 9.78 Å². The quantitative estimate of drug-likeness (QED) is 0.801. The molecule has 1 amide bonds. The Labute approximate surface area is 128 Å². The van der Waals surface area contributed by atoms with Crippen LogP contribution in [0.2, 0.25) is 0 Å². The summed E-state index contributed by atoms with van der Waals surface area (Å²) in [5, 5.41) is 3.10. The summed E-state index contributed by atoms with van der Waals surface area (Å²) in [6, 6.07) is 0.265. The summed E-state index contributed by atoms with van der Waals surface area (Å²) >= 11 is 7.44. The number of carbonyl (C=O) groups excluding carboxylic acids is 1. The third kappa shape index (κ3) is 3.62. The molecule has 2 rings (SSSR count). The predicted molar refractivity (Wildman–Crippen MR) is 80.3 cm³/mol. The number of hydrogen-bond donors (Lipinski definition) is 0. The molecule has 112 valence electrons. The van der Waals surface area contributed by atoms with Gasteiger partial charge in [-0.1, -0.05) is 0 Å². The van der Waals surface area contributed by atoms with E-state index in [0.29, 0.717) is 25.6 Å². The molecule has 0 spiro atoms. The van der Waals surface area contributed by atoms with Gasteiger partial charge in [0.2, 0.25) is 0 Å². The topological polar surface area (TPSA) is 45.7 Å². The molecule has 20 heavy (non-hydrogen) atoms. The molecule has 1 unspecified atom stereocenters. The Morgan fingerprint density at radius 1 is 1.50 bits per heavy atom. The predicted octanol–water partition coefficient (Wildman–Crippen LogP) is 2.72. The van der Waals surface area contributed by atoms with Crippen LogP contribution in [0.1, 0.15) is 30.6 Å². The standard InChI is InChI=1S/C13H20ClN3O2S/c1-3-19-13(18)17-6-4-16(5-7-17)10(2)12-15-11(8-14)9-20-12/h9-10H,3-8H2,1-2H3. The smallest absolute Gasteiger partial charge is 0.409 e. The summed E-state index contributed by atoms with van der Waals surface area (Å²) in [4.78, 5) is 20.3. The maximum atomic E-state index is 11.6. The van der Waals surface area contributed by atoms with Crippen LogP contribution in [-0.4, -0.2) is 53.7 Å². The second kappa shape index (κ2) is 7.24. The molecule has 0 bridgehead atoms. The van der Waals surface area contributed by atoms with E-state index in [0.717, 1.165) is 23.8 Å². The maximum Gasteiger partial charge on any atom is 0.409 e. The third-order valence-electron chi connectivity index (χ3n) is 3.45. The number of carbonyl (C=O) groups is 1. The fourth-order valence-corrected chi connectivity index (χ4v) is 3.38. The lowest BCUT2D eigenvalue weighted by molar-refractivity contribution is 0.0686. The highest BCUT2D eigenvalue weighted by Crippen LogP contribution is 2.25. The molecule has 0 radical (unpaired) electrons. The molecular formula is C13H20ClN3O2S. The lowest BCUT2D eigenvalue weighted by atomic mass is 10.2. The van der Waals surface area contributed by atoms with Crippen LogP contribution in [0.5, 0.6) is 0 Å². The summed E-state index contributed by atoms with van der Waals surface area (Å²) in [7, 11) is 0. The molecule has 1 saturated heterocycles. The van der Waals surface area contributed by atoms with E-state index in [4.69, 9.17) is 16.3 Å². The molecule has 1 aliphatic rings. The zero-order valence-corrected chi connectivity index (χ0v) is 13.4. The number of aromatic nitrogens is 1. The first-order valence-electron chi connectivity index (χ1n) is 6.81. The average molecular weight is 318 g/mol. The van der Waals surface area contributed by atoms with Gasteiger partial charge in [0.25, 0.3) is 0 Å². The van der Waals surface area contributed by atoms with Crippen molar-refractivity contribution in [3.63, 3.8) is 0 Å². The number of alkyl halides is 1. The van der Waals surface area contributed by atoms with Crippen LogP contribution in [0.25, 0.3) is 0 Å². The van der Waals surface area contributed by atoms with Gasteiger partial charge in [-0.05, 0) is 13.8 Å². The molecule has 1 aromatic rings. The van der Waals surface area contributed by atoms with E-state index in [9.17, 15) is 4.79 Å². The van der Waals surface area contributed by atoms with Gasteiger partial charge in [0.1, 0.15) is 5.01 Å². The van der Waals surface area contributed by atoms with E-state index in [1.807, 2.05) is 12.3 Å². The summed E-state index contributed by atoms with van der Waals surface area (Å²) in [5.74, 6) is 0.458. The van der Waals surface area contributed by atoms with Crippen LogP contribution in [0, 0.1) is 0 Å². The van der Waals surface area contributed by atoms with Crippen molar-refractivity contribution in [2.45, 2.75) is 25.8 Å². The molecule has 5 nitrogen and oxygen atoms in total. The SMILES string of the molecule is CCOC(=O)N1CCN(C(C)c2nc(CCl)cs2)CC1. The molecular weight excluding hydrogens is 298 g/mol. The van der Waals surface area contributed by atoms with Crippen molar-refractivity contribution in [2.75, 3.05) is 32.8 Å². The molecule has 1 aliphatic heterocycles. The Bertz CT molecular complexity index is 447. The minimum atomic E-state index is -0.210. The molecule has 0 aliphatic carbocycles. The number of amides is 1. The molecule has 2 heterocycles. The summed E-state index contributed by atoms with van der Waals surface area (Å²) in [5.41, 5.74) is 0.934. The van der Waals surface area contributed by atoms with Crippen LogP contribution >= 0.6 is 22.9 Å². The van der Waals surface area contributed by atoms with Crippen molar-refractivity contribution >= 4 is 29.0 Å². The Hall–Kier alpha value is -0.850. The zero-order valence-electron chi connectivity index (χ0n) is 11.8. The van der Waals surface area contributed by atoms with Gasteiger partial charge in [0, 0.05) is 31.6 Å². The largest absolute Gasteiger partial charge is 0.450 e. The molecule has 7 heteroatoms. The molecule has 0 saturated carbocycles. The minimum Gasteiger partial charge on any atom is -0.450 e. The first-order chi connectivity index (χ1) is 9.65. The van der Waals surface area contributed by atoms with Gasteiger partial charge in [0.05, 0.1) is 24.2 Å². The van der Waals surface area contributed by atoms with Crippen molar-refractivity contribution in [1.82, 2.24) is 14.8 Å². The van der Waals surface area contributed by atoms with Crippen LogP contribution in [-0.2, 0) is 10.6 Å². The third-order valence-corrected chi connectivity index (χ3v) is 4.79. The van der Waals surface area contributed by atoms with Gasteiger partial charge >= 0.3 is 6.09 Å². The van der Waals surface area contributed by atoms with E-state index < -0.39 is 0 Å². The van der Waals surface area contributed by atoms with Gasteiger partial charge in [-0.3, -0.25) is 4.90 Å². The Balaban J connectivity index is 1.88. The van der Waals surface area contributed by atoms with Crippen molar-refractivity contribution in [1.29, 1.82) is 0 Å². The van der Waals surface area contributed by atoms with E-state index in [1.54, 1.807) is 16.2 Å². The summed E-state index contributed by atoms with van der Waals surface area (Å²) < 4.78 is 5.02. The Morgan fingerprint density at radius 3 is 2.75 bits per heavy atom. The zero-order chi connectivity index (χ0) is 14.5. The van der Waals surface area contributed by atoms with Gasteiger partial charge in [-0.15, -0.1) is 22.9 Å². The van der Waals surface area contributed by atoms with Crippen molar-refractivity contribution < 1.29 is 9.53 Å². The Kier molecular flexibility index (Phi) is 5.63. The number of halogens is 1. The van der Waals surface area contributed by atoms with Crippen LogP contribution < -0.4 is 0 Å². The van der Waals surface area contributed by atoms with Crippen LogP contribution in [0.15, 0.2) is 5.38 Å². The maximum absolute atomic E-state index is 11.6. The highest BCUT2D eigenvalue weighted by molar-refractivity contribution is 7.09. The first kappa shape index (κ1) is 15.5. The number of nitrogens with zero attached hydrogens (tertiary/aromatic N) is 3. The summed E-state index contributed by atoms with van der Waals surface area (Å²) in [6.07, 6.45) is -0.210. The van der Waals surface area contributed by atoms with Crippen LogP contribution in [0.4, 0.5) is 4.79 Å². The highest BCUT2D eigenvalue weighted by atomic mass is 35.5. The number of ether oxygens (including phenoxy) is 1. The molecule has 1 fully saturated rings. The molecule has 0 aromatic carbocycles. The molecule has 1 atom stereocenters. The molecule has 0 N–H and O–H groups in total. The van der Waals surface area contributed by atoms with E-state index in [-0.39, 0.29) is 12.1 Å². The molecule has 1 aromatic heterocycles. The lowest BCUT2D eigenvalue weighted by Gasteiger charge is -2.36. The van der Waals surface area contributed by atoms with Gasteiger partial charge < -0.3 is 9.64 Å². The van der Waals surface area contributed by atoms with Crippen molar-refractivity contribution in [2.24, 2.45) is 0 Å². The number of rotatable bonds is 4. The van der Waals surface area contributed by atoms with E-state index in [1.165, 1.54) is 0 Å². The first-order valence-corrected chi connectivity index (χ1v) is 8.23. The fraction of sp³-hybridized carbons (Fsp3) is 0.692. The number of thiazole rings is 1. The van der Waals surface area contributed by atoms with Crippen molar-refractivity contribution in [3.8, 4) is 0 Å². The van der Waals surface area contributed by atoms with Gasteiger partial charge in [-0.2, -0.15) is 0 Å².